The number of aromatic nitrogens is 1. The maximum atomic E-state index is 5.92. The van der Waals surface area contributed by atoms with Crippen LogP contribution in [0.4, 0.5) is 0 Å². The van der Waals surface area contributed by atoms with Crippen molar-refractivity contribution in [2.45, 2.75) is 32.7 Å². The molecule has 0 fully saturated rings. The Hall–Kier alpha value is -1.87. The molecule has 3 nitrogen and oxygen atoms in total. The van der Waals surface area contributed by atoms with E-state index >= 15 is 0 Å². The summed E-state index contributed by atoms with van der Waals surface area (Å²) in [5.41, 5.74) is 8.10. The van der Waals surface area contributed by atoms with Crippen LogP contribution in [0.3, 0.4) is 0 Å². The van der Waals surface area contributed by atoms with E-state index in [0.717, 1.165) is 29.9 Å². The van der Waals surface area contributed by atoms with Crippen LogP contribution in [0.15, 0.2) is 42.7 Å². The molecule has 2 aromatic rings. The third-order valence-electron chi connectivity index (χ3n) is 2.91. The van der Waals surface area contributed by atoms with Gasteiger partial charge in [-0.15, -0.1) is 0 Å². The van der Waals surface area contributed by atoms with Crippen molar-refractivity contribution in [1.82, 2.24) is 4.98 Å². The Morgan fingerprint density at radius 2 is 2.05 bits per heavy atom. The lowest BCUT2D eigenvalue weighted by atomic mass is 10.1. The molecule has 0 radical (unpaired) electrons. The van der Waals surface area contributed by atoms with Gasteiger partial charge in [-0.05, 0) is 43.0 Å². The Morgan fingerprint density at radius 3 is 2.79 bits per heavy atom. The van der Waals surface area contributed by atoms with E-state index in [-0.39, 0.29) is 6.04 Å². The summed E-state index contributed by atoms with van der Waals surface area (Å²) in [7, 11) is 0. The number of nitrogens with zero attached hydrogens (tertiary/aromatic N) is 1. The molecule has 0 bridgehead atoms. The maximum absolute atomic E-state index is 5.92. The number of aryl methyl sites for hydroxylation is 1. The van der Waals surface area contributed by atoms with E-state index in [2.05, 4.69) is 18.0 Å². The maximum Gasteiger partial charge on any atom is 0.145 e. The molecule has 2 rings (SSSR count). The molecule has 0 spiro atoms. The highest BCUT2D eigenvalue weighted by atomic mass is 16.5. The van der Waals surface area contributed by atoms with E-state index in [4.69, 9.17) is 10.5 Å². The monoisotopic (exact) mass is 256 g/mol. The third kappa shape index (κ3) is 3.80. The van der Waals surface area contributed by atoms with Crippen molar-refractivity contribution in [2.75, 3.05) is 0 Å². The smallest absolute Gasteiger partial charge is 0.145 e. The van der Waals surface area contributed by atoms with Gasteiger partial charge in [0.1, 0.15) is 11.5 Å². The van der Waals surface area contributed by atoms with Crippen LogP contribution in [0.1, 0.15) is 25.0 Å². The first-order chi connectivity index (χ1) is 9.19. The number of hydrogen-bond donors (Lipinski definition) is 1. The van der Waals surface area contributed by atoms with Gasteiger partial charge in [-0.3, -0.25) is 4.98 Å². The minimum atomic E-state index is 0.125. The quantitative estimate of drug-likeness (QED) is 0.892. The second kappa shape index (κ2) is 6.34. The van der Waals surface area contributed by atoms with E-state index < -0.39 is 0 Å². The van der Waals surface area contributed by atoms with Crippen molar-refractivity contribution in [3.8, 4) is 11.5 Å². The van der Waals surface area contributed by atoms with E-state index in [1.54, 1.807) is 6.20 Å². The fourth-order valence-electron chi connectivity index (χ4n) is 2.03. The van der Waals surface area contributed by atoms with Gasteiger partial charge in [-0.1, -0.05) is 25.1 Å². The predicted octanol–water partition coefficient (Wildman–Crippen LogP) is 3.33. The van der Waals surface area contributed by atoms with Gasteiger partial charge in [-0.25, -0.2) is 0 Å². The fraction of sp³-hybridized carbons (Fsp3) is 0.312. The van der Waals surface area contributed by atoms with Crippen LogP contribution < -0.4 is 10.5 Å². The average Bonchev–Trinajstić information content (AvgIpc) is 2.39. The summed E-state index contributed by atoms with van der Waals surface area (Å²) in [6.45, 7) is 4.10. The zero-order chi connectivity index (χ0) is 13.7. The molecule has 0 aliphatic carbocycles. The van der Waals surface area contributed by atoms with Gasteiger partial charge in [0.15, 0.2) is 0 Å². The molecular weight excluding hydrogens is 236 g/mol. The van der Waals surface area contributed by atoms with Gasteiger partial charge in [0.2, 0.25) is 0 Å². The largest absolute Gasteiger partial charge is 0.455 e. The van der Waals surface area contributed by atoms with Crippen molar-refractivity contribution in [3.63, 3.8) is 0 Å². The highest BCUT2D eigenvalue weighted by Crippen LogP contribution is 2.25. The highest BCUT2D eigenvalue weighted by molar-refractivity contribution is 5.37. The van der Waals surface area contributed by atoms with E-state index in [1.165, 1.54) is 5.56 Å². The lowest BCUT2D eigenvalue weighted by Crippen LogP contribution is -2.17. The predicted molar refractivity (Wildman–Crippen MR) is 77.5 cm³/mol. The number of benzene rings is 1. The molecule has 0 saturated heterocycles. The minimum absolute atomic E-state index is 0.125. The van der Waals surface area contributed by atoms with Crippen LogP contribution >= 0.6 is 0 Å². The summed E-state index contributed by atoms with van der Waals surface area (Å²) in [5, 5.41) is 0. The number of para-hydroxylation sites is 1. The summed E-state index contributed by atoms with van der Waals surface area (Å²) in [5.74, 6) is 1.66. The summed E-state index contributed by atoms with van der Waals surface area (Å²) in [4.78, 5) is 4.21. The van der Waals surface area contributed by atoms with E-state index in [1.807, 2.05) is 37.4 Å². The summed E-state index contributed by atoms with van der Waals surface area (Å²) in [6.07, 6.45) is 5.32. The van der Waals surface area contributed by atoms with E-state index in [9.17, 15) is 0 Å². The Kier molecular flexibility index (Phi) is 4.53. The van der Waals surface area contributed by atoms with Crippen molar-refractivity contribution in [3.05, 3.63) is 53.9 Å². The Bertz CT molecular complexity index is 538. The topological polar surface area (TPSA) is 48.1 Å². The zero-order valence-electron chi connectivity index (χ0n) is 11.5. The standard InChI is InChI=1S/C16H20N2O/c1-3-14-6-4-5-7-16(14)19-15-9-13(8-12(2)17)10-18-11-15/h4-7,9-12H,3,8,17H2,1-2H3. The number of ether oxygens (including phenoxy) is 1. The molecule has 0 saturated carbocycles. The third-order valence-corrected chi connectivity index (χ3v) is 2.91. The first-order valence-electron chi connectivity index (χ1n) is 6.64. The average molecular weight is 256 g/mol. The Balaban J connectivity index is 2.18. The van der Waals surface area contributed by atoms with Gasteiger partial charge in [0.05, 0.1) is 6.20 Å². The molecule has 3 heteroatoms. The first kappa shape index (κ1) is 13.6. The number of hydrogen-bond acceptors (Lipinski definition) is 3. The SMILES string of the molecule is CCc1ccccc1Oc1cncc(CC(C)N)c1. The molecule has 1 aromatic carbocycles. The van der Waals surface area contributed by atoms with Crippen molar-refractivity contribution >= 4 is 0 Å². The van der Waals surface area contributed by atoms with Crippen LogP contribution in [0, 0.1) is 0 Å². The molecule has 1 aromatic heterocycles. The first-order valence-corrected chi connectivity index (χ1v) is 6.64. The highest BCUT2D eigenvalue weighted by Gasteiger charge is 2.05. The van der Waals surface area contributed by atoms with Gasteiger partial charge >= 0.3 is 0 Å². The van der Waals surface area contributed by atoms with Crippen molar-refractivity contribution < 1.29 is 4.74 Å². The molecule has 1 unspecified atom stereocenters. The number of nitrogens with two attached hydrogens (primary N) is 1. The van der Waals surface area contributed by atoms with Crippen LogP contribution in [-0.4, -0.2) is 11.0 Å². The summed E-state index contributed by atoms with van der Waals surface area (Å²) >= 11 is 0. The zero-order valence-corrected chi connectivity index (χ0v) is 11.5. The minimum Gasteiger partial charge on any atom is -0.455 e. The summed E-state index contributed by atoms with van der Waals surface area (Å²) in [6, 6.07) is 10.2. The van der Waals surface area contributed by atoms with Gasteiger partial charge in [0.25, 0.3) is 0 Å². The molecule has 19 heavy (non-hydrogen) atoms. The molecule has 100 valence electrons. The number of rotatable bonds is 5. The second-order valence-electron chi connectivity index (χ2n) is 4.77. The van der Waals surface area contributed by atoms with E-state index in [0.29, 0.717) is 0 Å². The van der Waals surface area contributed by atoms with Crippen LogP contribution in [-0.2, 0) is 12.8 Å². The Labute approximate surface area is 114 Å². The molecular formula is C16H20N2O. The Morgan fingerprint density at radius 1 is 1.26 bits per heavy atom. The normalized spacial score (nSPS) is 12.2. The molecule has 0 aliphatic heterocycles. The van der Waals surface area contributed by atoms with Gasteiger partial charge in [-0.2, -0.15) is 0 Å². The van der Waals surface area contributed by atoms with Gasteiger partial charge in [0, 0.05) is 12.2 Å². The lowest BCUT2D eigenvalue weighted by Gasteiger charge is -2.11. The van der Waals surface area contributed by atoms with Crippen LogP contribution in [0.5, 0.6) is 11.5 Å². The summed E-state index contributed by atoms with van der Waals surface area (Å²) < 4.78 is 5.92. The fourth-order valence-corrected chi connectivity index (χ4v) is 2.03. The van der Waals surface area contributed by atoms with Crippen LogP contribution in [0.25, 0.3) is 0 Å². The number of pyridine rings is 1. The molecule has 2 N–H and O–H groups in total. The molecule has 0 amide bonds. The van der Waals surface area contributed by atoms with Crippen molar-refractivity contribution in [2.24, 2.45) is 5.73 Å². The molecule has 1 atom stereocenters. The van der Waals surface area contributed by atoms with Gasteiger partial charge < -0.3 is 10.5 Å². The van der Waals surface area contributed by atoms with Crippen molar-refractivity contribution in [1.29, 1.82) is 0 Å². The van der Waals surface area contributed by atoms with Crippen LogP contribution in [0.2, 0.25) is 0 Å². The lowest BCUT2D eigenvalue weighted by molar-refractivity contribution is 0.473. The molecule has 1 heterocycles. The second-order valence-corrected chi connectivity index (χ2v) is 4.77. The molecule has 0 aliphatic rings.